The van der Waals surface area contributed by atoms with Crippen molar-refractivity contribution in [3.63, 3.8) is 0 Å². The second-order valence-electron chi connectivity index (χ2n) is 6.23. The Hall–Kier alpha value is -3.26. The molecule has 0 aliphatic carbocycles. The molecule has 0 atom stereocenters. The standard InChI is InChI=1S/C24H22O2/c1-3-8-19-14-18(12-13-23(19)25)22-16-21(17-10-6-5-7-11-17)15-20(9-4-2)24(22)26/h3-7,10-16,25-26H,1-2,8-9H2. The molecule has 0 spiro atoms. The third kappa shape index (κ3) is 3.55. The number of hydrogen-bond acceptors (Lipinski definition) is 2. The molecule has 0 heterocycles. The minimum Gasteiger partial charge on any atom is -0.508 e. The molecule has 2 nitrogen and oxygen atoms in total. The third-order valence-corrected chi connectivity index (χ3v) is 4.41. The Balaban J connectivity index is 2.20. The monoisotopic (exact) mass is 342 g/mol. The van der Waals surface area contributed by atoms with Gasteiger partial charge in [-0.05, 0) is 64.9 Å². The predicted octanol–water partition coefficient (Wildman–Crippen LogP) is 5.89. The van der Waals surface area contributed by atoms with Crippen LogP contribution in [-0.4, -0.2) is 10.2 Å². The summed E-state index contributed by atoms with van der Waals surface area (Å²) in [6, 6.07) is 19.5. The Bertz CT molecular complexity index is 940. The van der Waals surface area contributed by atoms with Gasteiger partial charge in [-0.25, -0.2) is 0 Å². The zero-order valence-electron chi connectivity index (χ0n) is 14.7. The fourth-order valence-corrected chi connectivity index (χ4v) is 3.10. The number of phenols is 2. The molecule has 3 rings (SSSR count). The normalized spacial score (nSPS) is 10.5. The van der Waals surface area contributed by atoms with Crippen molar-refractivity contribution in [3.05, 3.63) is 97.1 Å². The largest absolute Gasteiger partial charge is 0.508 e. The van der Waals surface area contributed by atoms with Gasteiger partial charge in [0.25, 0.3) is 0 Å². The summed E-state index contributed by atoms with van der Waals surface area (Å²) in [6.45, 7) is 7.53. The fraction of sp³-hybridized carbons (Fsp3) is 0.0833. The van der Waals surface area contributed by atoms with Crippen LogP contribution in [0, 0.1) is 0 Å². The van der Waals surface area contributed by atoms with Crippen LogP contribution in [-0.2, 0) is 12.8 Å². The maximum absolute atomic E-state index is 10.8. The molecule has 0 saturated heterocycles. The first-order valence-corrected chi connectivity index (χ1v) is 8.59. The number of allylic oxidation sites excluding steroid dienone is 2. The van der Waals surface area contributed by atoms with Gasteiger partial charge in [0.15, 0.2) is 0 Å². The van der Waals surface area contributed by atoms with Gasteiger partial charge in [0.05, 0.1) is 0 Å². The molecule has 0 amide bonds. The van der Waals surface area contributed by atoms with E-state index in [1.807, 2.05) is 54.6 Å². The van der Waals surface area contributed by atoms with E-state index in [1.165, 1.54) is 0 Å². The first-order chi connectivity index (χ1) is 12.6. The maximum Gasteiger partial charge on any atom is 0.126 e. The SMILES string of the molecule is C=CCc1cc(-c2cc(-c3ccccc3)cc(CC=C)c2O)ccc1O. The molecule has 2 heteroatoms. The Morgan fingerprint density at radius 1 is 0.692 bits per heavy atom. The number of phenolic OH excluding ortho intramolecular Hbond substituents is 2. The van der Waals surface area contributed by atoms with E-state index in [1.54, 1.807) is 18.2 Å². The summed E-state index contributed by atoms with van der Waals surface area (Å²) in [4.78, 5) is 0. The minimum absolute atomic E-state index is 0.235. The van der Waals surface area contributed by atoms with Crippen molar-refractivity contribution in [1.29, 1.82) is 0 Å². The molecule has 3 aromatic rings. The Labute approximate surface area is 154 Å². The molecule has 0 saturated carbocycles. The molecule has 26 heavy (non-hydrogen) atoms. The van der Waals surface area contributed by atoms with Crippen LogP contribution in [0.15, 0.2) is 86.0 Å². The summed E-state index contributed by atoms with van der Waals surface area (Å²) >= 11 is 0. The number of aromatic hydroxyl groups is 2. The highest BCUT2D eigenvalue weighted by atomic mass is 16.3. The molecular weight excluding hydrogens is 320 g/mol. The molecule has 3 aromatic carbocycles. The Morgan fingerprint density at radius 2 is 1.35 bits per heavy atom. The van der Waals surface area contributed by atoms with Crippen molar-refractivity contribution < 1.29 is 10.2 Å². The van der Waals surface area contributed by atoms with Crippen molar-refractivity contribution in [2.45, 2.75) is 12.8 Å². The van der Waals surface area contributed by atoms with Crippen LogP contribution in [0.2, 0.25) is 0 Å². The molecule has 0 bridgehead atoms. The highest BCUT2D eigenvalue weighted by Crippen LogP contribution is 2.38. The number of rotatable bonds is 6. The van der Waals surface area contributed by atoms with Crippen molar-refractivity contribution in [2.24, 2.45) is 0 Å². The molecular formula is C24H22O2. The van der Waals surface area contributed by atoms with Gasteiger partial charge in [0.1, 0.15) is 11.5 Å². The van der Waals surface area contributed by atoms with Crippen molar-refractivity contribution in [3.8, 4) is 33.8 Å². The van der Waals surface area contributed by atoms with E-state index < -0.39 is 0 Å². The van der Waals surface area contributed by atoms with Crippen LogP contribution in [0.5, 0.6) is 11.5 Å². The first-order valence-electron chi connectivity index (χ1n) is 8.59. The van der Waals surface area contributed by atoms with Gasteiger partial charge in [-0.15, -0.1) is 13.2 Å². The van der Waals surface area contributed by atoms with Gasteiger partial charge < -0.3 is 10.2 Å². The van der Waals surface area contributed by atoms with Gasteiger partial charge >= 0.3 is 0 Å². The molecule has 2 N–H and O–H groups in total. The average molecular weight is 342 g/mol. The van der Waals surface area contributed by atoms with E-state index in [0.29, 0.717) is 12.8 Å². The predicted molar refractivity (Wildman–Crippen MR) is 108 cm³/mol. The minimum atomic E-state index is 0.235. The average Bonchev–Trinajstić information content (AvgIpc) is 2.66. The summed E-state index contributed by atoms with van der Waals surface area (Å²) in [5.41, 5.74) is 5.34. The molecule has 0 unspecified atom stereocenters. The summed E-state index contributed by atoms with van der Waals surface area (Å²) < 4.78 is 0. The summed E-state index contributed by atoms with van der Waals surface area (Å²) in [5, 5.41) is 20.8. The summed E-state index contributed by atoms with van der Waals surface area (Å²) in [6.07, 6.45) is 4.69. The third-order valence-electron chi connectivity index (χ3n) is 4.41. The van der Waals surface area contributed by atoms with E-state index in [9.17, 15) is 10.2 Å². The maximum atomic E-state index is 10.8. The smallest absolute Gasteiger partial charge is 0.126 e. The van der Waals surface area contributed by atoms with Gasteiger partial charge in [0.2, 0.25) is 0 Å². The van der Waals surface area contributed by atoms with Crippen LogP contribution >= 0.6 is 0 Å². The molecule has 0 radical (unpaired) electrons. The van der Waals surface area contributed by atoms with E-state index >= 15 is 0 Å². The van der Waals surface area contributed by atoms with E-state index in [0.717, 1.165) is 33.4 Å². The molecule has 0 aliphatic rings. The van der Waals surface area contributed by atoms with Gasteiger partial charge in [-0.1, -0.05) is 48.6 Å². The van der Waals surface area contributed by atoms with E-state index in [4.69, 9.17) is 0 Å². The van der Waals surface area contributed by atoms with Crippen LogP contribution in [0.4, 0.5) is 0 Å². The second-order valence-corrected chi connectivity index (χ2v) is 6.23. The highest BCUT2D eigenvalue weighted by molar-refractivity contribution is 5.80. The quantitative estimate of drug-likeness (QED) is 0.548. The Morgan fingerprint density at radius 3 is 2.04 bits per heavy atom. The lowest BCUT2D eigenvalue weighted by Crippen LogP contribution is -1.91. The molecule has 130 valence electrons. The van der Waals surface area contributed by atoms with Gasteiger partial charge in [-0.3, -0.25) is 0 Å². The van der Waals surface area contributed by atoms with E-state index in [2.05, 4.69) is 13.2 Å². The lowest BCUT2D eigenvalue weighted by atomic mass is 9.92. The fourth-order valence-electron chi connectivity index (χ4n) is 3.10. The van der Waals surface area contributed by atoms with Crippen LogP contribution in [0.1, 0.15) is 11.1 Å². The first kappa shape index (κ1) is 17.6. The van der Waals surface area contributed by atoms with Crippen molar-refractivity contribution >= 4 is 0 Å². The van der Waals surface area contributed by atoms with Crippen molar-refractivity contribution in [2.75, 3.05) is 0 Å². The topological polar surface area (TPSA) is 40.5 Å². The van der Waals surface area contributed by atoms with Crippen LogP contribution < -0.4 is 0 Å². The molecule has 0 aromatic heterocycles. The van der Waals surface area contributed by atoms with E-state index in [-0.39, 0.29) is 11.5 Å². The molecule has 0 aliphatic heterocycles. The molecule has 0 fully saturated rings. The van der Waals surface area contributed by atoms with Crippen LogP contribution in [0.25, 0.3) is 22.3 Å². The lowest BCUT2D eigenvalue weighted by molar-refractivity contribution is 0.468. The van der Waals surface area contributed by atoms with Crippen LogP contribution in [0.3, 0.4) is 0 Å². The zero-order chi connectivity index (χ0) is 18.5. The Kier molecular flexibility index (Phi) is 5.23. The highest BCUT2D eigenvalue weighted by Gasteiger charge is 2.13. The summed E-state index contributed by atoms with van der Waals surface area (Å²) in [7, 11) is 0. The number of hydrogen-bond donors (Lipinski definition) is 2. The second kappa shape index (κ2) is 7.75. The zero-order valence-corrected chi connectivity index (χ0v) is 14.7. The lowest BCUT2D eigenvalue weighted by Gasteiger charge is -2.14. The van der Waals surface area contributed by atoms with Crippen molar-refractivity contribution in [1.82, 2.24) is 0 Å². The number of benzene rings is 3. The van der Waals surface area contributed by atoms with Gasteiger partial charge in [-0.2, -0.15) is 0 Å². The summed E-state index contributed by atoms with van der Waals surface area (Å²) in [5.74, 6) is 0.485. The van der Waals surface area contributed by atoms with Gasteiger partial charge in [0, 0.05) is 5.56 Å².